The van der Waals surface area contributed by atoms with E-state index in [4.69, 9.17) is 11.6 Å². The van der Waals surface area contributed by atoms with Gasteiger partial charge in [0.1, 0.15) is 0 Å². The Labute approximate surface area is 199 Å². The number of carbonyl (C=O) groups excluding carboxylic acids is 1. The first-order valence-corrected chi connectivity index (χ1v) is 12.3. The van der Waals surface area contributed by atoms with Gasteiger partial charge in [-0.3, -0.25) is 0 Å². The van der Waals surface area contributed by atoms with Gasteiger partial charge in [0.05, 0.1) is 28.6 Å². The molecule has 3 aromatic carbocycles. The first-order chi connectivity index (χ1) is 15.7. The van der Waals surface area contributed by atoms with E-state index < -0.39 is 21.9 Å². The summed E-state index contributed by atoms with van der Waals surface area (Å²) in [6.45, 7) is 2.39. The molecule has 2 N–H and O–H groups in total. The van der Waals surface area contributed by atoms with Crippen LogP contribution in [-0.4, -0.2) is 39.2 Å². The summed E-state index contributed by atoms with van der Waals surface area (Å²) in [5, 5.41) is 14.2. The molecule has 2 atom stereocenters. The SMILES string of the molecule is COC(=O)c1ccc(S(=O)(=O)c2ccc(C[C@@H](C)NC[C@@H](O)c3ccc(Cl)cc3)cc2)cc1. The lowest BCUT2D eigenvalue weighted by Gasteiger charge is -2.18. The normalized spacial score (nSPS) is 13.3. The summed E-state index contributed by atoms with van der Waals surface area (Å²) in [5.41, 5.74) is 2.04. The Kier molecular flexibility index (Phi) is 8.26. The molecule has 0 aliphatic rings. The molecular formula is C25H26ClNO5S. The van der Waals surface area contributed by atoms with E-state index in [1.54, 1.807) is 48.5 Å². The molecular weight excluding hydrogens is 462 g/mol. The number of esters is 1. The molecule has 6 nitrogen and oxygen atoms in total. The minimum Gasteiger partial charge on any atom is -0.465 e. The van der Waals surface area contributed by atoms with Crippen LogP contribution < -0.4 is 5.32 Å². The van der Waals surface area contributed by atoms with Gasteiger partial charge in [-0.2, -0.15) is 0 Å². The number of nitrogens with one attached hydrogen (secondary N) is 1. The van der Waals surface area contributed by atoms with Gasteiger partial charge in [-0.1, -0.05) is 35.9 Å². The molecule has 33 heavy (non-hydrogen) atoms. The standard InChI is InChI=1S/C25H26ClNO5S/c1-17(27-16-24(28)19-5-9-21(26)10-6-19)15-18-3-11-22(12-4-18)33(30,31)23-13-7-20(8-14-23)25(29)32-2/h3-14,17,24,27-28H,15-16H2,1-2H3/t17-,24-/m1/s1. The van der Waals surface area contributed by atoms with Crippen molar-refractivity contribution in [2.45, 2.75) is 35.3 Å². The van der Waals surface area contributed by atoms with Crippen LogP contribution >= 0.6 is 11.6 Å². The lowest BCUT2D eigenvalue weighted by Crippen LogP contribution is -2.32. The van der Waals surface area contributed by atoms with Gasteiger partial charge >= 0.3 is 5.97 Å². The molecule has 0 radical (unpaired) electrons. The summed E-state index contributed by atoms with van der Waals surface area (Å²) in [4.78, 5) is 11.8. The summed E-state index contributed by atoms with van der Waals surface area (Å²) in [7, 11) is -2.43. The van der Waals surface area contributed by atoms with E-state index in [0.717, 1.165) is 11.1 Å². The number of halogens is 1. The summed E-state index contributed by atoms with van der Waals surface area (Å²) in [6, 6.07) is 19.5. The van der Waals surface area contributed by atoms with Crippen LogP contribution in [0.15, 0.2) is 82.6 Å². The fourth-order valence-electron chi connectivity index (χ4n) is 3.37. The van der Waals surface area contributed by atoms with E-state index in [1.165, 1.54) is 31.4 Å². The number of methoxy groups -OCH3 is 1. The number of aliphatic hydroxyl groups is 1. The van der Waals surface area contributed by atoms with Crippen LogP contribution in [0.1, 0.15) is 34.5 Å². The smallest absolute Gasteiger partial charge is 0.337 e. The van der Waals surface area contributed by atoms with Crippen LogP contribution in [0.4, 0.5) is 0 Å². The van der Waals surface area contributed by atoms with Gasteiger partial charge < -0.3 is 15.2 Å². The highest BCUT2D eigenvalue weighted by Crippen LogP contribution is 2.22. The fourth-order valence-corrected chi connectivity index (χ4v) is 4.76. The Morgan fingerprint density at radius 3 is 2.06 bits per heavy atom. The van der Waals surface area contributed by atoms with Crippen LogP contribution in [0, 0.1) is 0 Å². The topological polar surface area (TPSA) is 92.7 Å². The van der Waals surface area contributed by atoms with Crippen molar-refractivity contribution in [2.24, 2.45) is 0 Å². The highest BCUT2D eigenvalue weighted by molar-refractivity contribution is 7.91. The Balaban J connectivity index is 1.59. The Morgan fingerprint density at radius 1 is 0.970 bits per heavy atom. The van der Waals surface area contributed by atoms with Crippen molar-refractivity contribution < 1.29 is 23.1 Å². The average molecular weight is 488 g/mol. The first kappa shape index (κ1) is 24.9. The Bertz CT molecular complexity index is 1180. The van der Waals surface area contributed by atoms with Crippen LogP contribution in [-0.2, 0) is 21.0 Å². The molecule has 0 spiro atoms. The van der Waals surface area contributed by atoms with E-state index >= 15 is 0 Å². The van der Waals surface area contributed by atoms with E-state index in [2.05, 4.69) is 10.1 Å². The van der Waals surface area contributed by atoms with Gasteiger partial charge in [-0.05, 0) is 73.0 Å². The van der Waals surface area contributed by atoms with Crippen molar-refractivity contribution in [3.63, 3.8) is 0 Å². The molecule has 0 aliphatic carbocycles. The number of hydrogen-bond donors (Lipinski definition) is 2. The number of hydrogen-bond acceptors (Lipinski definition) is 6. The maximum atomic E-state index is 12.9. The summed E-state index contributed by atoms with van der Waals surface area (Å²) < 4.78 is 30.4. The molecule has 3 rings (SSSR count). The zero-order chi connectivity index (χ0) is 24.0. The van der Waals surface area contributed by atoms with Crippen molar-refractivity contribution in [1.29, 1.82) is 0 Å². The maximum Gasteiger partial charge on any atom is 0.337 e. The highest BCUT2D eigenvalue weighted by atomic mass is 35.5. The molecule has 0 unspecified atom stereocenters. The number of rotatable bonds is 9. The summed E-state index contributed by atoms with van der Waals surface area (Å²) in [5.74, 6) is -0.522. The average Bonchev–Trinajstić information content (AvgIpc) is 2.83. The van der Waals surface area contributed by atoms with Crippen LogP contribution in [0.5, 0.6) is 0 Å². The zero-order valence-electron chi connectivity index (χ0n) is 18.4. The van der Waals surface area contributed by atoms with Gasteiger partial charge in [0.2, 0.25) is 9.84 Å². The summed E-state index contributed by atoms with van der Waals surface area (Å²) >= 11 is 5.88. The van der Waals surface area contributed by atoms with Crippen molar-refractivity contribution in [3.8, 4) is 0 Å². The minimum absolute atomic E-state index is 0.0697. The van der Waals surface area contributed by atoms with E-state index in [-0.39, 0.29) is 21.4 Å². The number of aliphatic hydroxyl groups excluding tert-OH is 1. The van der Waals surface area contributed by atoms with Crippen LogP contribution in [0.25, 0.3) is 0 Å². The van der Waals surface area contributed by atoms with Crippen LogP contribution in [0.2, 0.25) is 5.02 Å². The molecule has 3 aromatic rings. The van der Waals surface area contributed by atoms with Gasteiger partial charge in [-0.25, -0.2) is 13.2 Å². The second kappa shape index (κ2) is 10.9. The molecule has 0 aliphatic heterocycles. The first-order valence-electron chi connectivity index (χ1n) is 10.4. The third-order valence-corrected chi connectivity index (χ3v) is 7.31. The van der Waals surface area contributed by atoms with Gasteiger partial charge in [-0.15, -0.1) is 0 Å². The van der Waals surface area contributed by atoms with Crippen molar-refractivity contribution in [1.82, 2.24) is 5.32 Å². The molecule has 0 heterocycles. The third-order valence-electron chi connectivity index (χ3n) is 5.28. The predicted octanol–water partition coefficient (Wildman–Crippen LogP) is 4.21. The molecule has 0 aromatic heterocycles. The van der Waals surface area contributed by atoms with Gasteiger partial charge in [0, 0.05) is 17.6 Å². The van der Waals surface area contributed by atoms with Crippen molar-refractivity contribution in [2.75, 3.05) is 13.7 Å². The monoisotopic (exact) mass is 487 g/mol. The quantitative estimate of drug-likeness (QED) is 0.439. The largest absolute Gasteiger partial charge is 0.465 e. The van der Waals surface area contributed by atoms with E-state index in [0.29, 0.717) is 18.0 Å². The molecule has 174 valence electrons. The lowest BCUT2D eigenvalue weighted by atomic mass is 10.1. The lowest BCUT2D eigenvalue weighted by molar-refractivity contribution is 0.0600. The summed E-state index contributed by atoms with van der Waals surface area (Å²) in [6.07, 6.45) is 0.0180. The number of carbonyl (C=O) groups is 1. The van der Waals surface area contributed by atoms with E-state index in [1.807, 2.05) is 6.92 Å². The molecule has 8 heteroatoms. The maximum absolute atomic E-state index is 12.9. The number of ether oxygens (including phenoxy) is 1. The second-order valence-electron chi connectivity index (χ2n) is 7.74. The zero-order valence-corrected chi connectivity index (χ0v) is 19.9. The van der Waals surface area contributed by atoms with Gasteiger partial charge in [0.15, 0.2) is 0 Å². The molecule has 0 saturated carbocycles. The Morgan fingerprint density at radius 2 is 1.52 bits per heavy atom. The Hall–Kier alpha value is -2.71. The molecule has 0 bridgehead atoms. The number of sulfone groups is 1. The molecule has 0 saturated heterocycles. The highest BCUT2D eigenvalue weighted by Gasteiger charge is 2.18. The molecule has 0 fully saturated rings. The predicted molar refractivity (Wildman–Crippen MR) is 127 cm³/mol. The minimum atomic E-state index is -3.70. The van der Waals surface area contributed by atoms with Crippen molar-refractivity contribution in [3.05, 3.63) is 94.5 Å². The molecule has 0 amide bonds. The van der Waals surface area contributed by atoms with E-state index in [9.17, 15) is 18.3 Å². The fraction of sp³-hybridized carbons (Fsp3) is 0.240. The second-order valence-corrected chi connectivity index (χ2v) is 10.1. The van der Waals surface area contributed by atoms with Crippen molar-refractivity contribution >= 4 is 27.4 Å². The number of benzene rings is 3. The van der Waals surface area contributed by atoms with Gasteiger partial charge in [0.25, 0.3) is 0 Å². The third kappa shape index (κ3) is 6.42. The van der Waals surface area contributed by atoms with Crippen LogP contribution in [0.3, 0.4) is 0 Å².